The number of fused-ring (bicyclic) bond motifs is 1. The van der Waals surface area contributed by atoms with Gasteiger partial charge < -0.3 is 14.8 Å². The van der Waals surface area contributed by atoms with Crippen molar-refractivity contribution in [3.05, 3.63) is 18.2 Å². The number of halogens is 1. The van der Waals surface area contributed by atoms with Crippen molar-refractivity contribution in [2.24, 2.45) is 0 Å². The Bertz CT molecular complexity index is 738. The summed E-state index contributed by atoms with van der Waals surface area (Å²) in [6.07, 6.45) is -0.860. The first-order valence-electron chi connectivity index (χ1n) is 9.68. The molecule has 1 N–H and O–H groups in total. The summed E-state index contributed by atoms with van der Waals surface area (Å²) in [6, 6.07) is 5.84. The van der Waals surface area contributed by atoms with Gasteiger partial charge in [0.2, 0.25) is 0 Å². The van der Waals surface area contributed by atoms with Crippen LogP contribution in [0.4, 0.5) is 26.7 Å². The standard InChI is InChI=1S/C21H33N3O4.ClH/c1-14(2)22-15-9-10-16-17(13-15)24(19(26)28-21(6,7)8)12-11-23(16)18(25)27-20(3,4)5;/h9-10,13-14,22H,11-12H2,1-8H3;1H. The molecule has 1 aromatic carbocycles. The lowest BCUT2D eigenvalue weighted by molar-refractivity contribution is 0.0544. The van der Waals surface area contributed by atoms with E-state index >= 15 is 0 Å². The average Bonchev–Trinajstić information content (AvgIpc) is 2.49. The molecule has 2 amide bonds. The molecule has 7 nitrogen and oxygen atoms in total. The summed E-state index contributed by atoms with van der Waals surface area (Å²) in [5.74, 6) is 0. The minimum atomic E-state index is -0.604. The second-order valence-electron chi connectivity index (χ2n) is 9.27. The van der Waals surface area contributed by atoms with Crippen molar-refractivity contribution in [1.82, 2.24) is 0 Å². The summed E-state index contributed by atoms with van der Waals surface area (Å²) < 4.78 is 11.1. The molecule has 0 aliphatic carbocycles. The zero-order valence-electron chi connectivity index (χ0n) is 18.7. The highest BCUT2D eigenvalue weighted by atomic mass is 35.5. The zero-order valence-corrected chi connectivity index (χ0v) is 19.5. The van der Waals surface area contributed by atoms with Gasteiger partial charge in [-0.3, -0.25) is 9.80 Å². The molecule has 164 valence electrons. The van der Waals surface area contributed by atoms with Crippen LogP contribution in [0.25, 0.3) is 0 Å². The van der Waals surface area contributed by atoms with Crippen LogP contribution in [0.1, 0.15) is 55.4 Å². The lowest BCUT2D eigenvalue weighted by Gasteiger charge is -2.38. The van der Waals surface area contributed by atoms with Crippen LogP contribution in [0.5, 0.6) is 0 Å². The number of anilines is 3. The van der Waals surface area contributed by atoms with Gasteiger partial charge in [-0.1, -0.05) is 0 Å². The van der Waals surface area contributed by atoms with E-state index in [2.05, 4.69) is 5.32 Å². The Morgan fingerprint density at radius 1 is 0.897 bits per heavy atom. The average molecular weight is 428 g/mol. The van der Waals surface area contributed by atoms with Crippen LogP contribution in [0.3, 0.4) is 0 Å². The topological polar surface area (TPSA) is 71.1 Å². The van der Waals surface area contributed by atoms with Gasteiger partial charge in [-0.05, 0) is 73.6 Å². The fraction of sp³-hybridized carbons (Fsp3) is 0.619. The monoisotopic (exact) mass is 427 g/mol. The maximum absolute atomic E-state index is 12.8. The molecule has 0 bridgehead atoms. The number of nitrogens with zero attached hydrogens (tertiary/aromatic N) is 2. The minimum absolute atomic E-state index is 0. The Labute approximate surface area is 180 Å². The zero-order chi connectivity index (χ0) is 21.3. The summed E-state index contributed by atoms with van der Waals surface area (Å²) >= 11 is 0. The Morgan fingerprint density at radius 3 is 1.76 bits per heavy atom. The molecule has 0 atom stereocenters. The minimum Gasteiger partial charge on any atom is -0.443 e. The Morgan fingerprint density at radius 2 is 1.34 bits per heavy atom. The number of hydrogen-bond donors (Lipinski definition) is 1. The van der Waals surface area contributed by atoms with E-state index < -0.39 is 23.4 Å². The van der Waals surface area contributed by atoms with Crippen molar-refractivity contribution >= 4 is 41.7 Å². The lowest BCUT2D eigenvalue weighted by Crippen LogP contribution is -2.49. The van der Waals surface area contributed by atoms with Crippen LogP contribution in [0.2, 0.25) is 0 Å². The van der Waals surface area contributed by atoms with Crippen LogP contribution in [-0.2, 0) is 9.47 Å². The molecular weight excluding hydrogens is 394 g/mol. The molecule has 0 aromatic heterocycles. The first kappa shape index (κ1) is 24.9. The van der Waals surface area contributed by atoms with E-state index in [0.717, 1.165) is 5.69 Å². The van der Waals surface area contributed by atoms with Crippen molar-refractivity contribution in [3.8, 4) is 0 Å². The summed E-state index contributed by atoms with van der Waals surface area (Å²) in [4.78, 5) is 28.6. The molecule has 0 radical (unpaired) electrons. The van der Waals surface area contributed by atoms with Crippen molar-refractivity contribution in [2.45, 2.75) is 72.6 Å². The summed E-state index contributed by atoms with van der Waals surface area (Å²) in [6.45, 7) is 15.7. The highest BCUT2D eigenvalue weighted by Gasteiger charge is 2.34. The number of nitrogens with one attached hydrogen (secondary N) is 1. The molecule has 1 heterocycles. The Balaban J connectivity index is 0.00000420. The van der Waals surface area contributed by atoms with E-state index in [1.54, 1.807) is 9.80 Å². The van der Waals surface area contributed by atoms with Gasteiger partial charge in [-0.25, -0.2) is 9.59 Å². The molecule has 8 heteroatoms. The van der Waals surface area contributed by atoms with E-state index in [9.17, 15) is 9.59 Å². The van der Waals surface area contributed by atoms with Gasteiger partial charge in [0, 0.05) is 24.8 Å². The Kier molecular flexibility index (Phi) is 7.82. The third-order valence-corrected chi connectivity index (χ3v) is 3.79. The fourth-order valence-electron chi connectivity index (χ4n) is 2.85. The molecule has 2 rings (SSSR count). The highest BCUT2D eigenvalue weighted by molar-refractivity contribution is 6.01. The second kappa shape index (κ2) is 9.11. The van der Waals surface area contributed by atoms with Crippen molar-refractivity contribution in [1.29, 1.82) is 0 Å². The normalized spacial score (nSPS) is 14.1. The fourth-order valence-corrected chi connectivity index (χ4v) is 2.85. The van der Waals surface area contributed by atoms with Crippen LogP contribution in [0.15, 0.2) is 18.2 Å². The van der Waals surface area contributed by atoms with Crippen LogP contribution < -0.4 is 15.1 Å². The molecule has 1 aliphatic heterocycles. The molecule has 0 saturated carbocycles. The van der Waals surface area contributed by atoms with Gasteiger partial charge in [-0.15, -0.1) is 12.4 Å². The van der Waals surface area contributed by atoms with Gasteiger partial charge in [0.05, 0.1) is 11.4 Å². The molecular formula is C21H34ClN3O4. The third kappa shape index (κ3) is 6.99. The van der Waals surface area contributed by atoms with E-state index in [-0.39, 0.29) is 18.4 Å². The molecule has 0 fully saturated rings. The van der Waals surface area contributed by atoms with E-state index in [4.69, 9.17) is 9.47 Å². The molecule has 1 aromatic rings. The van der Waals surface area contributed by atoms with Crippen molar-refractivity contribution in [2.75, 3.05) is 28.2 Å². The van der Waals surface area contributed by atoms with Crippen molar-refractivity contribution in [3.63, 3.8) is 0 Å². The number of carbonyl (C=O) groups is 2. The van der Waals surface area contributed by atoms with Crippen LogP contribution in [0, 0.1) is 0 Å². The highest BCUT2D eigenvalue weighted by Crippen LogP contribution is 2.37. The number of amides is 2. The van der Waals surface area contributed by atoms with E-state index in [1.807, 2.05) is 73.6 Å². The molecule has 1 aliphatic rings. The second-order valence-corrected chi connectivity index (χ2v) is 9.27. The molecule has 0 spiro atoms. The SMILES string of the molecule is CC(C)Nc1ccc2c(c1)N(C(=O)OC(C)(C)C)CCN2C(=O)OC(C)(C)C.Cl. The number of ether oxygens (including phenoxy) is 2. The third-order valence-electron chi connectivity index (χ3n) is 3.79. The van der Waals surface area contributed by atoms with Gasteiger partial charge in [0.25, 0.3) is 0 Å². The van der Waals surface area contributed by atoms with E-state index in [0.29, 0.717) is 24.5 Å². The molecule has 0 saturated heterocycles. The number of hydrogen-bond acceptors (Lipinski definition) is 5. The van der Waals surface area contributed by atoms with Gasteiger partial charge in [0.15, 0.2) is 0 Å². The number of rotatable bonds is 2. The van der Waals surface area contributed by atoms with Gasteiger partial charge in [-0.2, -0.15) is 0 Å². The maximum atomic E-state index is 12.8. The quantitative estimate of drug-likeness (QED) is 0.681. The Hall–Kier alpha value is -2.15. The predicted molar refractivity (Wildman–Crippen MR) is 120 cm³/mol. The maximum Gasteiger partial charge on any atom is 0.414 e. The summed E-state index contributed by atoms with van der Waals surface area (Å²) in [5, 5.41) is 3.33. The summed E-state index contributed by atoms with van der Waals surface area (Å²) in [7, 11) is 0. The first-order chi connectivity index (χ1) is 12.8. The van der Waals surface area contributed by atoms with E-state index in [1.165, 1.54) is 0 Å². The van der Waals surface area contributed by atoms with Gasteiger partial charge in [0.1, 0.15) is 11.2 Å². The number of benzene rings is 1. The van der Waals surface area contributed by atoms with Crippen LogP contribution >= 0.6 is 12.4 Å². The molecule has 0 unspecified atom stereocenters. The summed E-state index contributed by atoms with van der Waals surface area (Å²) in [5.41, 5.74) is 0.914. The first-order valence-corrected chi connectivity index (χ1v) is 9.68. The van der Waals surface area contributed by atoms with Crippen molar-refractivity contribution < 1.29 is 19.1 Å². The smallest absolute Gasteiger partial charge is 0.414 e. The lowest BCUT2D eigenvalue weighted by atomic mass is 10.1. The predicted octanol–water partition coefficient (Wildman–Crippen LogP) is 5.43. The number of carbonyl (C=O) groups excluding carboxylic acids is 2. The molecule has 29 heavy (non-hydrogen) atoms. The largest absolute Gasteiger partial charge is 0.443 e. The van der Waals surface area contributed by atoms with Gasteiger partial charge >= 0.3 is 12.2 Å². The van der Waals surface area contributed by atoms with Crippen LogP contribution in [-0.4, -0.2) is 42.5 Å².